The second kappa shape index (κ2) is 8.56. The molecule has 0 unspecified atom stereocenters. The van der Waals surface area contributed by atoms with E-state index in [-0.39, 0.29) is 17.9 Å². The molecule has 1 aliphatic rings. The molecule has 0 N–H and O–H groups in total. The summed E-state index contributed by atoms with van der Waals surface area (Å²) < 4.78 is 27.7. The minimum Gasteiger partial charge on any atom is -0.338 e. The van der Waals surface area contributed by atoms with E-state index in [1.54, 1.807) is 35.5 Å². The molecule has 0 aliphatic carbocycles. The Morgan fingerprint density at radius 1 is 1.10 bits per heavy atom. The van der Waals surface area contributed by atoms with Crippen LogP contribution in [0, 0.1) is 28.4 Å². The largest absolute Gasteiger partial charge is 0.338 e. The van der Waals surface area contributed by atoms with Crippen LogP contribution >= 0.6 is 0 Å². The van der Waals surface area contributed by atoms with Crippen LogP contribution in [0.3, 0.4) is 0 Å². The van der Waals surface area contributed by atoms with Gasteiger partial charge in [0.25, 0.3) is 5.91 Å². The van der Waals surface area contributed by atoms with Gasteiger partial charge in [-0.05, 0) is 49.1 Å². The average Bonchev–Trinajstić information content (AvgIpc) is 2.82. The van der Waals surface area contributed by atoms with Crippen molar-refractivity contribution in [3.63, 3.8) is 0 Å². The van der Waals surface area contributed by atoms with Crippen LogP contribution in [0.4, 0.5) is 8.78 Å². The van der Waals surface area contributed by atoms with E-state index >= 15 is 0 Å². The quantitative estimate of drug-likeness (QED) is 0.642. The smallest absolute Gasteiger partial charge is 0.256 e. The van der Waals surface area contributed by atoms with Crippen molar-refractivity contribution < 1.29 is 13.6 Å². The summed E-state index contributed by atoms with van der Waals surface area (Å²) in [7, 11) is 0. The number of halogens is 2. The van der Waals surface area contributed by atoms with E-state index in [1.165, 1.54) is 18.5 Å². The van der Waals surface area contributed by atoms with Gasteiger partial charge >= 0.3 is 0 Å². The molecule has 0 spiro atoms. The van der Waals surface area contributed by atoms with Crippen molar-refractivity contribution in [2.75, 3.05) is 13.1 Å². The van der Waals surface area contributed by atoms with Gasteiger partial charge in [0.2, 0.25) is 0 Å². The summed E-state index contributed by atoms with van der Waals surface area (Å²) in [6, 6.07) is 11.4. The predicted octanol–water partition coefficient (Wildman–Crippen LogP) is 3.81. The maximum absolute atomic E-state index is 14.1. The molecule has 6 nitrogen and oxygen atoms in total. The lowest BCUT2D eigenvalue weighted by Gasteiger charge is -2.37. The highest BCUT2D eigenvalue weighted by molar-refractivity contribution is 5.99. The number of amides is 1. The Morgan fingerprint density at radius 3 is 2.61 bits per heavy atom. The van der Waals surface area contributed by atoms with Crippen LogP contribution in [-0.4, -0.2) is 38.8 Å². The predicted molar refractivity (Wildman–Crippen MR) is 109 cm³/mol. The summed E-state index contributed by atoms with van der Waals surface area (Å²) in [5, 5.41) is 9.80. The molecule has 1 amide bonds. The van der Waals surface area contributed by atoms with Gasteiger partial charge in [-0.3, -0.25) is 9.78 Å². The zero-order chi connectivity index (χ0) is 21.8. The first kappa shape index (κ1) is 20.5. The number of carbonyl (C=O) groups excluding carboxylic acids is 1. The Kier molecular flexibility index (Phi) is 5.67. The molecule has 1 fully saturated rings. The van der Waals surface area contributed by atoms with Gasteiger partial charge < -0.3 is 4.90 Å². The van der Waals surface area contributed by atoms with Gasteiger partial charge in [0.05, 0.1) is 22.7 Å². The zero-order valence-corrected chi connectivity index (χ0v) is 16.6. The van der Waals surface area contributed by atoms with Crippen molar-refractivity contribution >= 4 is 5.91 Å². The van der Waals surface area contributed by atoms with Gasteiger partial charge in [0, 0.05) is 25.5 Å². The van der Waals surface area contributed by atoms with E-state index < -0.39 is 17.0 Å². The molecule has 2 aromatic heterocycles. The van der Waals surface area contributed by atoms with E-state index in [9.17, 15) is 18.8 Å². The Labute approximate surface area is 178 Å². The van der Waals surface area contributed by atoms with Crippen molar-refractivity contribution in [1.82, 2.24) is 19.9 Å². The Morgan fingerprint density at radius 2 is 1.90 bits per heavy atom. The number of piperidine rings is 1. The molecule has 1 aromatic carbocycles. The zero-order valence-electron chi connectivity index (χ0n) is 16.6. The minimum absolute atomic E-state index is 0.105. The number of pyridine rings is 1. The second-order valence-electron chi connectivity index (χ2n) is 7.57. The third-order valence-electron chi connectivity index (χ3n) is 5.67. The fourth-order valence-electron chi connectivity index (χ4n) is 3.90. The molecule has 8 heteroatoms. The standard InChI is InChI=1S/C23H19F2N5O/c24-18-5-1-3-16(20(18)25)13-23(14-26)7-11-30(12-8-23)22(31)17-4-2-9-28-21(17)19-6-10-27-15-29-19/h1-6,9-10,15H,7-8,11-13H2. The lowest BCUT2D eigenvalue weighted by molar-refractivity contribution is 0.0646. The minimum atomic E-state index is -0.924. The molecular formula is C23H19F2N5O. The number of nitrogens with zero attached hydrogens (tertiary/aromatic N) is 5. The van der Waals surface area contributed by atoms with Gasteiger partial charge in [0.15, 0.2) is 11.6 Å². The molecule has 0 saturated carbocycles. The monoisotopic (exact) mass is 419 g/mol. The van der Waals surface area contributed by atoms with E-state index in [0.29, 0.717) is 42.9 Å². The maximum atomic E-state index is 14.1. The fourth-order valence-corrected chi connectivity index (χ4v) is 3.90. The first-order chi connectivity index (χ1) is 15.0. The highest BCUT2D eigenvalue weighted by atomic mass is 19.2. The van der Waals surface area contributed by atoms with Gasteiger partial charge in [-0.2, -0.15) is 5.26 Å². The van der Waals surface area contributed by atoms with Gasteiger partial charge in [-0.1, -0.05) is 12.1 Å². The van der Waals surface area contributed by atoms with E-state index in [4.69, 9.17) is 0 Å². The molecule has 0 bridgehead atoms. The third kappa shape index (κ3) is 4.12. The van der Waals surface area contributed by atoms with Crippen molar-refractivity contribution in [2.24, 2.45) is 5.41 Å². The molecule has 31 heavy (non-hydrogen) atoms. The molecule has 3 heterocycles. The van der Waals surface area contributed by atoms with Crippen LogP contribution in [-0.2, 0) is 6.42 Å². The molecule has 156 valence electrons. The van der Waals surface area contributed by atoms with Crippen molar-refractivity contribution in [3.05, 3.63) is 77.9 Å². The molecule has 0 atom stereocenters. The summed E-state index contributed by atoms with van der Waals surface area (Å²) in [6.45, 7) is 0.670. The third-order valence-corrected chi connectivity index (χ3v) is 5.67. The number of carbonyl (C=O) groups is 1. The summed E-state index contributed by atoms with van der Waals surface area (Å²) in [4.78, 5) is 27.3. The fraction of sp³-hybridized carbons (Fsp3) is 0.261. The van der Waals surface area contributed by atoms with E-state index in [2.05, 4.69) is 21.0 Å². The van der Waals surface area contributed by atoms with Crippen LogP contribution in [0.15, 0.2) is 55.1 Å². The number of nitriles is 1. The first-order valence-corrected chi connectivity index (χ1v) is 9.88. The highest BCUT2D eigenvalue weighted by Gasteiger charge is 2.37. The topological polar surface area (TPSA) is 82.8 Å². The van der Waals surface area contributed by atoms with Crippen LogP contribution in [0.5, 0.6) is 0 Å². The molecule has 0 radical (unpaired) electrons. The normalized spacial score (nSPS) is 15.3. The lowest BCUT2D eigenvalue weighted by atomic mass is 9.75. The molecule has 1 saturated heterocycles. The number of rotatable bonds is 4. The SMILES string of the molecule is N#CC1(Cc2cccc(F)c2F)CCN(C(=O)c2cccnc2-c2ccncn2)CC1. The van der Waals surface area contributed by atoms with Gasteiger partial charge in [-0.25, -0.2) is 18.7 Å². The number of likely N-dealkylation sites (tertiary alicyclic amines) is 1. The summed E-state index contributed by atoms with van der Waals surface area (Å²) in [5.41, 5.74) is 0.759. The summed E-state index contributed by atoms with van der Waals surface area (Å²) in [6.07, 6.45) is 5.42. The highest BCUT2D eigenvalue weighted by Crippen LogP contribution is 2.36. The molecule has 1 aliphatic heterocycles. The molecular weight excluding hydrogens is 400 g/mol. The lowest BCUT2D eigenvalue weighted by Crippen LogP contribution is -2.43. The maximum Gasteiger partial charge on any atom is 0.256 e. The Balaban J connectivity index is 1.52. The van der Waals surface area contributed by atoms with Crippen molar-refractivity contribution in [1.29, 1.82) is 5.26 Å². The van der Waals surface area contributed by atoms with Gasteiger partial charge in [0.1, 0.15) is 12.0 Å². The number of hydrogen-bond donors (Lipinski definition) is 0. The Bertz CT molecular complexity index is 1140. The Hall–Kier alpha value is -3.73. The van der Waals surface area contributed by atoms with Crippen LogP contribution < -0.4 is 0 Å². The number of benzene rings is 1. The van der Waals surface area contributed by atoms with E-state index in [1.807, 2.05) is 0 Å². The molecule has 3 aromatic rings. The first-order valence-electron chi connectivity index (χ1n) is 9.88. The van der Waals surface area contributed by atoms with E-state index in [0.717, 1.165) is 6.07 Å². The van der Waals surface area contributed by atoms with Crippen LogP contribution in [0.1, 0.15) is 28.8 Å². The van der Waals surface area contributed by atoms with Crippen LogP contribution in [0.25, 0.3) is 11.4 Å². The van der Waals surface area contributed by atoms with Gasteiger partial charge in [-0.15, -0.1) is 0 Å². The second-order valence-corrected chi connectivity index (χ2v) is 7.57. The number of aromatic nitrogens is 3. The summed E-state index contributed by atoms with van der Waals surface area (Å²) >= 11 is 0. The average molecular weight is 419 g/mol. The molecule has 4 rings (SSSR count). The van der Waals surface area contributed by atoms with Crippen LogP contribution in [0.2, 0.25) is 0 Å². The van der Waals surface area contributed by atoms with Crippen molar-refractivity contribution in [3.8, 4) is 17.5 Å². The number of hydrogen-bond acceptors (Lipinski definition) is 5. The van der Waals surface area contributed by atoms with Crippen molar-refractivity contribution in [2.45, 2.75) is 19.3 Å². The summed E-state index contributed by atoms with van der Waals surface area (Å²) in [5.74, 6) is -2.04.